The molecule has 1 rings (SSSR count). The maximum absolute atomic E-state index is 11.5. The summed E-state index contributed by atoms with van der Waals surface area (Å²) in [5, 5.41) is 8.42. The van der Waals surface area contributed by atoms with Crippen molar-refractivity contribution in [3.63, 3.8) is 0 Å². The number of benzene rings is 1. The molecular weight excluding hydrogens is 242 g/mol. The Hall–Kier alpha value is -1.88. The van der Waals surface area contributed by atoms with E-state index in [0.29, 0.717) is 18.7 Å². The second-order valence-electron chi connectivity index (χ2n) is 4.23. The Morgan fingerprint density at radius 3 is 2.42 bits per heavy atom. The smallest absolute Gasteiger partial charge is 0.251 e. The molecule has 19 heavy (non-hydrogen) atoms. The minimum absolute atomic E-state index is 0.0242. The van der Waals surface area contributed by atoms with Crippen LogP contribution in [0.25, 0.3) is 0 Å². The van der Waals surface area contributed by atoms with E-state index in [0.717, 1.165) is 18.5 Å². The highest BCUT2D eigenvalue weighted by molar-refractivity contribution is 5.93. The quantitative estimate of drug-likeness (QED) is 0.633. The number of amides is 2. The number of hydrogen-bond acceptors (Lipinski definition) is 3. The molecule has 104 valence electrons. The van der Waals surface area contributed by atoms with Crippen molar-refractivity contribution in [2.24, 2.45) is 0 Å². The predicted molar refractivity (Wildman–Crippen MR) is 74.8 cm³/mol. The number of nitrogens with one attached hydrogen (secondary N) is 3. The minimum atomic E-state index is -0.112. The van der Waals surface area contributed by atoms with Gasteiger partial charge in [-0.15, -0.1) is 0 Å². The summed E-state index contributed by atoms with van der Waals surface area (Å²) in [6.07, 6.45) is 1.01. The van der Waals surface area contributed by atoms with Crippen molar-refractivity contribution in [2.45, 2.75) is 19.9 Å². The topological polar surface area (TPSA) is 70.2 Å². The zero-order valence-electron chi connectivity index (χ0n) is 11.5. The standard InChI is InChI=1S/C14H21N3O2/c1-3-8-16-10-13(18)17-9-11-4-6-12(7-5-11)14(19)15-2/h4-7,16H,3,8-10H2,1-2H3,(H,15,19)(H,17,18). The summed E-state index contributed by atoms with van der Waals surface area (Å²) < 4.78 is 0. The van der Waals surface area contributed by atoms with Crippen LogP contribution in [0.5, 0.6) is 0 Å². The Morgan fingerprint density at radius 2 is 1.84 bits per heavy atom. The third-order valence-electron chi connectivity index (χ3n) is 2.65. The minimum Gasteiger partial charge on any atom is -0.355 e. The molecule has 5 nitrogen and oxygen atoms in total. The fraction of sp³-hybridized carbons (Fsp3) is 0.429. The van der Waals surface area contributed by atoms with E-state index in [2.05, 4.69) is 22.9 Å². The monoisotopic (exact) mass is 263 g/mol. The summed E-state index contributed by atoms with van der Waals surface area (Å²) in [6.45, 7) is 3.71. The Balaban J connectivity index is 2.37. The Bertz CT molecular complexity index is 415. The molecule has 5 heteroatoms. The van der Waals surface area contributed by atoms with E-state index >= 15 is 0 Å². The van der Waals surface area contributed by atoms with Crippen LogP contribution in [-0.4, -0.2) is 32.0 Å². The van der Waals surface area contributed by atoms with Crippen LogP contribution >= 0.6 is 0 Å². The van der Waals surface area contributed by atoms with Crippen LogP contribution in [-0.2, 0) is 11.3 Å². The Morgan fingerprint density at radius 1 is 1.16 bits per heavy atom. The van der Waals surface area contributed by atoms with Crippen molar-refractivity contribution in [3.05, 3.63) is 35.4 Å². The average Bonchev–Trinajstić information content (AvgIpc) is 2.45. The molecule has 0 bridgehead atoms. The summed E-state index contributed by atoms with van der Waals surface area (Å²) in [5.74, 6) is -0.136. The van der Waals surface area contributed by atoms with Gasteiger partial charge in [-0.05, 0) is 30.7 Å². The summed E-state index contributed by atoms with van der Waals surface area (Å²) >= 11 is 0. The molecule has 0 aliphatic rings. The van der Waals surface area contributed by atoms with Gasteiger partial charge in [0.1, 0.15) is 0 Å². The molecule has 0 atom stereocenters. The molecule has 0 saturated heterocycles. The summed E-state index contributed by atoms with van der Waals surface area (Å²) in [5.41, 5.74) is 1.58. The lowest BCUT2D eigenvalue weighted by atomic mass is 10.1. The maximum Gasteiger partial charge on any atom is 0.251 e. The van der Waals surface area contributed by atoms with E-state index in [9.17, 15) is 9.59 Å². The highest BCUT2D eigenvalue weighted by atomic mass is 16.2. The average molecular weight is 263 g/mol. The van der Waals surface area contributed by atoms with Gasteiger partial charge in [-0.25, -0.2) is 0 Å². The van der Waals surface area contributed by atoms with Gasteiger partial charge in [0.25, 0.3) is 5.91 Å². The van der Waals surface area contributed by atoms with E-state index in [4.69, 9.17) is 0 Å². The third kappa shape index (κ3) is 5.52. The van der Waals surface area contributed by atoms with Crippen LogP contribution in [0.15, 0.2) is 24.3 Å². The molecule has 0 fully saturated rings. The van der Waals surface area contributed by atoms with Gasteiger partial charge in [0.2, 0.25) is 5.91 Å². The van der Waals surface area contributed by atoms with Gasteiger partial charge in [0.15, 0.2) is 0 Å². The van der Waals surface area contributed by atoms with E-state index < -0.39 is 0 Å². The molecule has 3 N–H and O–H groups in total. The van der Waals surface area contributed by atoms with Gasteiger partial charge < -0.3 is 16.0 Å². The van der Waals surface area contributed by atoms with E-state index in [1.54, 1.807) is 19.2 Å². The molecule has 0 radical (unpaired) electrons. The first-order valence-electron chi connectivity index (χ1n) is 6.45. The van der Waals surface area contributed by atoms with Gasteiger partial charge in [-0.3, -0.25) is 9.59 Å². The SMILES string of the molecule is CCCNCC(=O)NCc1ccc(C(=O)NC)cc1. The van der Waals surface area contributed by atoms with Gasteiger partial charge in [0.05, 0.1) is 6.54 Å². The first kappa shape index (κ1) is 15.2. The van der Waals surface area contributed by atoms with Gasteiger partial charge in [0, 0.05) is 19.2 Å². The van der Waals surface area contributed by atoms with Crippen molar-refractivity contribution in [1.82, 2.24) is 16.0 Å². The van der Waals surface area contributed by atoms with Gasteiger partial charge in [-0.1, -0.05) is 19.1 Å². The molecule has 0 spiro atoms. The normalized spacial score (nSPS) is 10.0. The second kappa shape index (κ2) is 8.26. The Labute approximate surface area is 113 Å². The second-order valence-corrected chi connectivity index (χ2v) is 4.23. The molecule has 2 amide bonds. The van der Waals surface area contributed by atoms with Gasteiger partial charge >= 0.3 is 0 Å². The third-order valence-corrected chi connectivity index (χ3v) is 2.65. The van der Waals surface area contributed by atoms with Crippen LogP contribution in [0.2, 0.25) is 0 Å². The molecule has 1 aromatic rings. The molecule has 0 aromatic heterocycles. The number of carbonyl (C=O) groups excluding carboxylic acids is 2. The van der Waals surface area contributed by atoms with E-state index in [1.165, 1.54) is 0 Å². The zero-order valence-corrected chi connectivity index (χ0v) is 11.5. The fourth-order valence-electron chi connectivity index (χ4n) is 1.56. The van der Waals surface area contributed by atoms with Crippen LogP contribution in [0.1, 0.15) is 29.3 Å². The van der Waals surface area contributed by atoms with E-state index in [1.807, 2.05) is 12.1 Å². The lowest BCUT2D eigenvalue weighted by molar-refractivity contribution is -0.120. The van der Waals surface area contributed by atoms with Crippen molar-refractivity contribution in [2.75, 3.05) is 20.1 Å². The fourth-order valence-corrected chi connectivity index (χ4v) is 1.56. The maximum atomic E-state index is 11.5. The molecule has 0 heterocycles. The summed E-state index contributed by atoms with van der Waals surface area (Å²) in [4.78, 5) is 22.8. The van der Waals surface area contributed by atoms with Crippen molar-refractivity contribution in [1.29, 1.82) is 0 Å². The van der Waals surface area contributed by atoms with Crippen LogP contribution in [0, 0.1) is 0 Å². The summed E-state index contributed by atoms with van der Waals surface area (Å²) in [7, 11) is 1.60. The lowest BCUT2D eigenvalue weighted by Crippen LogP contribution is -2.33. The molecule has 0 saturated carbocycles. The van der Waals surface area contributed by atoms with Crippen LogP contribution < -0.4 is 16.0 Å². The van der Waals surface area contributed by atoms with Crippen LogP contribution in [0.4, 0.5) is 0 Å². The first-order chi connectivity index (χ1) is 9.17. The lowest BCUT2D eigenvalue weighted by Gasteiger charge is -2.07. The molecule has 1 aromatic carbocycles. The summed E-state index contributed by atoms with van der Waals surface area (Å²) in [6, 6.07) is 7.17. The van der Waals surface area contributed by atoms with Gasteiger partial charge in [-0.2, -0.15) is 0 Å². The highest BCUT2D eigenvalue weighted by Gasteiger charge is 2.03. The highest BCUT2D eigenvalue weighted by Crippen LogP contribution is 2.04. The van der Waals surface area contributed by atoms with E-state index in [-0.39, 0.29) is 11.8 Å². The number of hydrogen-bond donors (Lipinski definition) is 3. The first-order valence-corrected chi connectivity index (χ1v) is 6.45. The zero-order chi connectivity index (χ0) is 14.1. The molecule has 0 aliphatic heterocycles. The molecule has 0 aliphatic carbocycles. The molecule has 0 unspecified atom stereocenters. The number of rotatable bonds is 7. The van der Waals surface area contributed by atoms with Crippen molar-refractivity contribution >= 4 is 11.8 Å². The Kier molecular flexibility index (Phi) is 6.60. The van der Waals surface area contributed by atoms with Crippen molar-refractivity contribution < 1.29 is 9.59 Å². The van der Waals surface area contributed by atoms with Crippen molar-refractivity contribution in [3.8, 4) is 0 Å². The molecular formula is C14H21N3O2. The number of carbonyl (C=O) groups is 2. The van der Waals surface area contributed by atoms with Crippen LogP contribution in [0.3, 0.4) is 0 Å². The predicted octanol–water partition coefficient (Wildman–Crippen LogP) is 0.662. The largest absolute Gasteiger partial charge is 0.355 e.